The number of rotatable bonds is 5. The Balaban J connectivity index is 1.49. The van der Waals surface area contributed by atoms with E-state index in [9.17, 15) is 9.59 Å². The molecule has 0 radical (unpaired) electrons. The fraction of sp³-hybridized carbons (Fsp3) is 0.0588. The molecule has 0 unspecified atom stereocenters. The van der Waals surface area contributed by atoms with Gasteiger partial charge in [0.2, 0.25) is 11.8 Å². The number of hydrogen-bond acceptors (Lipinski definition) is 6. The first-order valence-electron chi connectivity index (χ1n) is 7.58. The van der Waals surface area contributed by atoms with Crippen LogP contribution in [0.4, 0.5) is 0 Å². The molecule has 0 aliphatic rings. The molecule has 138 valence electrons. The highest BCUT2D eigenvalue weighted by Crippen LogP contribution is 2.25. The molecule has 0 saturated carbocycles. The molecular weight excluding hydrogens is 500 g/mol. The van der Waals surface area contributed by atoms with Crippen LogP contribution in [0, 0.1) is 0 Å². The zero-order valence-electron chi connectivity index (χ0n) is 13.6. The Morgan fingerprint density at radius 2 is 1.74 bits per heavy atom. The Morgan fingerprint density at radius 3 is 2.48 bits per heavy atom. The standard InChI is InChI=1S/C17H12Br2N4O3S/c18-12-5-1-3-10(7-12)15(25)21-20-14(24)9-27-17-23-22-16(26-17)11-4-2-6-13(19)8-11/h1-8H,9H2,(H,20,24)(H,21,25). The highest BCUT2D eigenvalue weighted by Gasteiger charge is 2.12. The van der Waals surface area contributed by atoms with E-state index in [1.807, 2.05) is 24.3 Å². The summed E-state index contributed by atoms with van der Waals surface area (Å²) < 4.78 is 7.20. The van der Waals surface area contributed by atoms with E-state index in [0.29, 0.717) is 11.5 Å². The van der Waals surface area contributed by atoms with E-state index in [2.05, 4.69) is 52.9 Å². The number of carbonyl (C=O) groups excluding carboxylic acids is 2. The molecule has 0 aliphatic heterocycles. The molecule has 0 atom stereocenters. The molecule has 27 heavy (non-hydrogen) atoms. The zero-order chi connectivity index (χ0) is 19.2. The summed E-state index contributed by atoms with van der Waals surface area (Å²) in [6, 6.07) is 14.3. The number of hydrogen-bond donors (Lipinski definition) is 2. The first-order chi connectivity index (χ1) is 13.0. The zero-order valence-corrected chi connectivity index (χ0v) is 17.6. The van der Waals surface area contributed by atoms with Crippen LogP contribution < -0.4 is 10.9 Å². The average Bonchev–Trinajstić information content (AvgIpc) is 3.13. The lowest BCUT2D eigenvalue weighted by Gasteiger charge is -2.06. The topological polar surface area (TPSA) is 97.1 Å². The molecule has 1 heterocycles. The van der Waals surface area contributed by atoms with Crippen molar-refractivity contribution in [2.24, 2.45) is 0 Å². The molecule has 0 bridgehead atoms. The number of carbonyl (C=O) groups is 2. The van der Waals surface area contributed by atoms with E-state index < -0.39 is 11.8 Å². The molecule has 1 aromatic heterocycles. The SMILES string of the molecule is O=C(CSc1nnc(-c2cccc(Br)c2)o1)NNC(=O)c1cccc(Br)c1. The first kappa shape index (κ1) is 19.6. The van der Waals surface area contributed by atoms with Gasteiger partial charge in [-0.2, -0.15) is 0 Å². The van der Waals surface area contributed by atoms with Crippen molar-refractivity contribution in [2.45, 2.75) is 5.22 Å². The van der Waals surface area contributed by atoms with Crippen LogP contribution in [-0.2, 0) is 4.79 Å². The number of aromatic nitrogens is 2. The van der Waals surface area contributed by atoms with Crippen molar-refractivity contribution < 1.29 is 14.0 Å². The predicted octanol–water partition coefficient (Wildman–Crippen LogP) is 3.81. The van der Waals surface area contributed by atoms with Crippen LogP contribution in [0.2, 0.25) is 0 Å². The van der Waals surface area contributed by atoms with Gasteiger partial charge in [0.1, 0.15) is 0 Å². The maximum Gasteiger partial charge on any atom is 0.277 e. The number of halogens is 2. The maximum absolute atomic E-state index is 12.0. The van der Waals surface area contributed by atoms with Crippen LogP contribution in [0.15, 0.2) is 67.1 Å². The lowest BCUT2D eigenvalue weighted by Crippen LogP contribution is -2.42. The van der Waals surface area contributed by atoms with E-state index >= 15 is 0 Å². The smallest absolute Gasteiger partial charge is 0.277 e. The summed E-state index contributed by atoms with van der Waals surface area (Å²) in [7, 11) is 0. The molecule has 7 nitrogen and oxygen atoms in total. The molecule has 2 amide bonds. The van der Waals surface area contributed by atoms with Crippen LogP contribution in [0.3, 0.4) is 0 Å². The van der Waals surface area contributed by atoms with Gasteiger partial charge in [-0.25, -0.2) is 0 Å². The Morgan fingerprint density at radius 1 is 1.00 bits per heavy atom. The minimum Gasteiger partial charge on any atom is -0.411 e. The van der Waals surface area contributed by atoms with Crippen molar-refractivity contribution in [3.8, 4) is 11.5 Å². The summed E-state index contributed by atoms with van der Waals surface area (Å²) in [5.74, 6) is -0.434. The number of thioether (sulfide) groups is 1. The molecule has 3 aromatic rings. The molecular formula is C17H12Br2N4O3S. The number of nitrogens with one attached hydrogen (secondary N) is 2. The van der Waals surface area contributed by atoms with Gasteiger partial charge in [-0.15, -0.1) is 10.2 Å². The Kier molecular flexibility index (Phi) is 6.64. The van der Waals surface area contributed by atoms with Crippen LogP contribution in [0.1, 0.15) is 10.4 Å². The third-order valence-electron chi connectivity index (χ3n) is 3.21. The molecule has 0 aliphatic carbocycles. The van der Waals surface area contributed by atoms with Gasteiger partial charge in [0.15, 0.2) is 0 Å². The second-order valence-electron chi connectivity index (χ2n) is 5.18. The maximum atomic E-state index is 12.0. The lowest BCUT2D eigenvalue weighted by molar-refractivity contribution is -0.119. The van der Waals surface area contributed by atoms with Crippen molar-refractivity contribution in [1.29, 1.82) is 0 Å². The predicted molar refractivity (Wildman–Crippen MR) is 108 cm³/mol. The van der Waals surface area contributed by atoms with E-state index in [4.69, 9.17) is 4.42 Å². The van der Waals surface area contributed by atoms with E-state index in [0.717, 1.165) is 26.3 Å². The number of hydrazine groups is 1. The third kappa shape index (κ3) is 5.65. The highest BCUT2D eigenvalue weighted by molar-refractivity contribution is 9.10. The normalized spacial score (nSPS) is 10.4. The Labute approximate surface area is 175 Å². The van der Waals surface area contributed by atoms with Crippen molar-refractivity contribution in [3.63, 3.8) is 0 Å². The number of nitrogens with zero attached hydrogens (tertiary/aromatic N) is 2. The molecule has 2 aromatic carbocycles. The molecule has 3 rings (SSSR count). The lowest BCUT2D eigenvalue weighted by atomic mass is 10.2. The molecule has 10 heteroatoms. The van der Waals surface area contributed by atoms with Crippen molar-refractivity contribution in [2.75, 3.05) is 5.75 Å². The fourth-order valence-corrected chi connectivity index (χ4v) is 3.36. The van der Waals surface area contributed by atoms with Gasteiger partial charge in [0, 0.05) is 20.1 Å². The van der Waals surface area contributed by atoms with Gasteiger partial charge >= 0.3 is 0 Å². The second kappa shape index (κ2) is 9.16. The molecule has 0 fully saturated rings. The van der Waals surface area contributed by atoms with Gasteiger partial charge < -0.3 is 4.42 Å². The monoisotopic (exact) mass is 510 g/mol. The van der Waals surface area contributed by atoms with Crippen LogP contribution in [0.5, 0.6) is 0 Å². The largest absolute Gasteiger partial charge is 0.411 e. The molecule has 0 saturated heterocycles. The van der Waals surface area contributed by atoms with Gasteiger partial charge in [-0.1, -0.05) is 55.8 Å². The van der Waals surface area contributed by atoms with Crippen molar-refractivity contribution in [3.05, 3.63) is 63.0 Å². The van der Waals surface area contributed by atoms with Gasteiger partial charge in [0.25, 0.3) is 11.1 Å². The number of benzene rings is 2. The van der Waals surface area contributed by atoms with E-state index in [1.165, 1.54) is 0 Å². The van der Waals surface area contributed by atoms with E-state index in [1.54, 1.807) is 24.3 Å². The first-order valence-corrected chi connectivity index (χ1v) is 10.2. The highest BCUT2D eigenvalue weighted by atomic mass is 79.9. The van der Waals surface area contributed by atoms with Crippen molar-refractivity contribution >= 4 is 55.4 Å². The summed E-state index contributed by atoms with van der Waals surface area (Å²) >= 11 is 7.74. The summed E-state index contributed by atoms with van der Waals surface area (Å²) in [4.78, 5) is 23.9. The van der Waals surface area contributed by atoms with E-state index in [-0.39, 0.29) is 11.0 Å². The minimum absolute atomic E-state index is 0.0128. The summed E-state index contributed by atoms with van der Waals surface area (Å²) in [6.45, 7) is 0. The third-order valence-corrected chi connectivity index (χ3v) is 5.01. The van der Waals surface area contributed by atoms with Gasteiger partial charge in [-0.05, 0) is 36.4 Å². The quantitative estimate of drug-likeness (QED) is 0.399. The summed E-state index contributed by atoms with van der Waals surface area (Å²) in [5.41, 5.74) is 5.90. The minimum atomic E-state index is -0.413. The van der Waals surface area contributed by atoms with Crippen LogP contribution >= 0.6 is 43.6 Å². The Bertz CT molecular complexity index is 980. The van der Waals surface area contributed by atoms with Crippen LogP contribution in [-0.4, -0.2) is 27.8 Å². The fourth-order valence-electron chi connectivity index (χ4n) is 2.00. The summed E-state index contributed by atoms with van der Waals surface area (Å²) in [5, 5.41) is 8.13. The van der Waals surface area contributed by atoms with Crippen LogP contribution in [0.25, 0.3) is 11.5 Å². The molecule has 0 spiro atoms. The Hall–Kier alpha value is -2.17. The molecule has 2 N–H and O–H groups in total. The van der Waals surface area contributed by atoms with Gasteiger partial charge in [-0.3, -0.25) is 20.4 Å². The number of amides is 2. The van der Waals surface area contributed by atoms with Gasteiger partial charge in [0.05, 0.1) is 5.75 Å². The summed E-state index contributed by atoms with van der Waals surface area (Å²) in [6.07, 6.45) is 0. The average molecular weight is 512 g/mol. The van der Waals surface area contributed by atoms with Crippen molar-refractivity contribution in [1.82, 2.24) is 21.0 Å². The second-order valence-corrected chi connectivity index (χ2v) is 7.94.